The third kappa shape index (κ3) is 2.86. The number of nitrogens with one attached hydrogen (secondary N) is 1. The van der Waals surface area contributed by atoms with Gasteiger partial charge >= 0.3 is 0 Å². The molecule has 0 bridgehead atoms. The molecule has 0 heterocycles. The lowest BCUT2D eigenvalue weighted by molar-refractivity contribution is 0.404. The van der Waals surface area contributed by atoms with Gasteiger partial charge in [-0.1, -0.05) is 35.9 Å². The first-order valence-corrected chi connectivity index (χ1v) is 6.95. The third-order valence-corrected chi connectivity index (χ3v) is 3.67. The van der Waals surface area contributed by atoms with Crippen LogP contribution in [0.3, 0.4) is 0 Å². The highest BCUT2D eigenvalue weighted by molar-refractivity contribution is 5.49. The van der Waals surface area contributed by atoms with E-state index in [-0.39, 0.29) is 6.04 Å². The largest absolute Gasteiger partial charge is 0.496 e. The number of hydrogen-bond acceptors (Lipinski definition) is 2. The Balaban J connectivity index is 2.57. The molecule has 20 heavy (non-hydrogen) atoms. The van der Waals surface area contributed by atoms with Crippen molar-refractivity contribution in [3.8, 4) is 5.75 Å². The van der Waals surface area contributed by atoms with Crippen LogP contribution in [0.2, 0.25) is 0 Å². The van der Waals surface area contributed by atoms with Crippen LogP contribution in [-0.4, -0.2) is 14.2 Å². The van der Waals surface area contributed by atoms with E-state index in [1.807, 2.05) is 7.05 Å². The maximum Gasteiger partial charge on any atom is 0.124 e. The van der Waals surface area contributed by atoms with Crippen molar-refractivity contribution >= 4 is 0 Å². The molecule has 2 nitrogen and oxygen atoms in total. The fourth-order valence-electron chi connectivity index (χ4n) is 2.81. The van der Waals surface area contributed by atoms with Crippen molar-refractivity contribution in [2.24, 2.45) is 0 Å². The van der Waals surface area contributed by atoms with E-state index in [4.69, 9.17) is 4.74 Å². The van der Waals surface area contributed by atoms with E-state index in [1.165, 1.54) is 27.8 Å². The standard InChI is InChI=1S/C18H23NO/c1-12-7-6-8-15(10-12)18(19-4)17-14(3)9-13(2)11-16(17)20-5/h6-11,18-19H,1-5H3. The van der Waals surface area contributed by atoms with Crippen molar-refractivity contribution in [1.29, 1.82) is 0 Å². The second-order valence-electron chi connectivity index (χ2n) is 5.33. The van der Waals surface area contributed by atoms with Gasteiger partial charge in [-0.25, -0.2) is 0 Å². The molecule has 0 aliphatic rings. The monoisotopic (exact) mass is 269 g/mol. The maximum absolute atomic E-state index is 5.60. The van der Waals surface area contributed by atoms with Crippen LogP contribution in [0, 0.1) is 20.8 Å². The van der Waals surface area contributed by atoms with E-state index in [0.29, 0.717) is 0 Å². The van der Waals surface area contributed by atoms with Gasteiger partial charge in [0.2, 0.25) is 0 Å². The van der Waals surface area contributed by atoms with Crippen LogP contribution in [-0.2, 0) is 0 Å². The minimum Gasteiger partial charge on any atom is -0.496 e. The van der Waals surface area contributed by atoms with Gasteiger partial charge in [-0.05, 0) is 50.6 Å². The van der Waals surface area contributed by atoms with E-state index < -0.39 is 0 Å². The van der Waals surface area contributed by atoms with Gasteiger partial charge in [0.25, 0.3) is 0 Å². The summed E-state index contributed by atoms with van der Waals surface area (Å²) in [5.74, 6) is 0.948. The summed E-state index contributed by atoms with van der Waals surface area (Å²) in [6, 6.07) is 13.1. The lowest BCUT2D eigenvalue weighted by Gasteiger charge is -2.23. The van der Waals surface area contributed by atoms with Gasteiger partial charge in [-0.3, -0.25) is 0 Å². The Morgan fingerprint density at radius 2 is 1.75 bits per heavy atom. The van der Waals surface area contributed by atoms with Crippen LogP contribution in [0.15, 0.2) is 36.4 Å². The average Bonchev–Trinajstić information content (AvgIpc) is 2.41. The molecule has 2 heteroatoms. The number of aryl methyl sites for hydroxylation is 3. The van der Waals surface area contributed by atoms with Gasteiger partial charge in [-0.2, -0.15) is 0 Å². The Kier molecular flexibility index (Phi) is 4.46. The molecule has 0 saturated carbocycles. The second-order valence-corrected chi connectivity index (χ2v) is 5.33. The van der Waals surface area contributed by atoms with Gasteiger partial charge < -0.3 is 10.1 Å². The van der Waals surface area contributed by atoms with Gasteiger partial charge in [0.05, 0.1) is 13.2 Å². The quantitative estimate of drug-likeness (QED) is 0.908. The van der Waals surface area contributed by atoms with Gasteiger partial charge in [0.1, 0.15) is 5.75 Å². The van der Waals surface area contributed by atoms with Crippen molar-refractivity contribution in [1.82, 2.24) is 5.32 Å². The summed E-state index contributed by atoms with van der Waals surface area (Å²) in [7, 11) is 3.73. The topological polar surface area (TPSA) is 21.3 Å². The predicted molar refractivity (Wildman–Crippen MR) is 84.5 cm³/mol. The highest BCUT2D eigenvalue weighted by Crippen LogP contribution is 2.33. The fraction of sp³-hybridized carbons (Fsp3) is 0.333. The molecular weight excluding hydrogens is 246 g/mol. The summed E-state index contributed by atoms with van der Waals surface area (Å²) in [6.45, 7) is 6.36. The van der Waals surface area contributed by atoms with Crippen LogP contribution >= 0.6 is 0 Å². The van der Waals surface area contributed by atoms with E-state index in [2.05, 4.69) is 62.5 Å². The summed E-state index contributed by atoms with van der Waals surface area (Å²) < 4.78 is 5.60. The highest BCUT2D eigenvalue weighted by atomic mass is 16.5. The molecule has 0 amide bonds. The number of benzene rings is 2. The van der Waals surface area contributed by atoms with E-state index in [9.17, 15) is 0 Å². The first kappa shape index (κ1) is 14.6. The molecule has 0 aromatic heterocycles. The van der Waals surface area contributed by atoms with Crippen molar-refractivity contribution in [3.05, 3.63) is 64.2 Å². The molecule has 0 fully saturated rings. The molecule has 2 aromatic carbocycles. The van der Waals surface area contributed by atoms with Crippen LogP contribution in [0.4, 0.5) is 0 Å². The normalized spacial score (nSPS) is 12.2. The molecule has 2 aromatic rings. The summed E-state index contributed by atoms with van der Waals surface area (Å²) in [5, 5.41) is 3.42. The SMILES string of the molecule is CNC(c1cccc(C)c1)c1c(C)cc(C)cc1OC. The molecule has 0 saturated heterocycles. The predicted octanol–water partition coefficient (Wildman–Crippen LogP) is 3.93. The zero-order chi connectivity index (χ0) is 14.7. The van der Waals surface area contributed by atoms with Crippen molar-refractivity contribution in [3.63, 3.8) is 0 Å². The molecule has 0 aliphatic heterocycles. The van der Waals surface area contributed by atoms with Crippen molar-refractivity contribution < 1.29 is 4.74 Å². The first-order chi connectivity index (χ1) is 9.56. The van der Waals surface area contributed by atoms with E-state index >= 15 is 0 Å². The highest BCUT2D eigenvalue weighted by Gasteiger charge is 2.19. The van der Waals surface area contributed by atoms with Crippen LogP contribution in [0.25, 0.3) is 0 Å². The van der Waals surface area contributed by atoms with E-state index in [1.54, 1.807) is 7.11 Å². The molecule has 2 rings (SSSR count). The van der Waals surface area contributed by atoms with Gasteiger partial charge in [0, 0.05) is 5.56 Å². The minimum absolute atomic E-state index is 0.144. The summed E-state index contributed by atoms with van der Waals surface area (Å²) >= 11 is 0. The lowest BCUT2D eigenvalue weighted by Crippen LogP contribution is -2.19. The molecule has 106 valence electrons. The van der Waals surface area contributed by atoms with Crippen molar-refractivity contribution in [2.45, 2.75) is 26.8 Å². The third-order valence-electron chi connectivity index (χ3n) is 3.67. The Hall–Kier alpha value is -1.80. The van der Waals surface area contributed by atoms with Crippen molar-refractivity contribution in [2.75, 3.05) is 14.2 Å². The summed E-state index contributed by atoms with van der Waals surface area (Å²) in [5.41, 5.74) is 6.22. The Bertz CT molecular complexity index is 604. The van der Waals surface area contributed by atoms with Gasteiger partial charge in [-0.15, -0.1) is 0 Å². The van der Waals surface area contributed by atoms with Crippen LogP contribution in [0.5, 0.6) is 5.75 Å². The Labute approximate surface area is 121 Å². The second kappa shape index (κ2) is 6.10. The summed E-state index contributed by atoms with van der Waals surface area (Å²) in [4.78, 5) is 0. The Morgan fingerprint density at radius 3 is 2.35 bits per heavy atom. The number of methoxy groups -OCH3 is 1. The minimum atomic E-state index is 0.144. The zero-order valence-corrected chi connectivity index (χ0v) is 12.9. The average molecular weight is 269 g/mol. The molecule has 0 aliphatic carbocycles. The van der Waals surface area contributed by atoms with Gasteiger partial charge in [0.15, 0.2) is 0 Å². The van der Waals surface area contributed by atoms with Crippen LogP contribution < -0.4 is 10.1 Å². The zero-order valence-electron chi connectivity index (χ0n) is 12.9. The summed E-state index contributed by atoms with van der Waals surface area (Å²) in [6.07, 6.45) is 0. The maximum atomic E-state index is 5.60. The number of ether oxygens (including phenoxy) is 1. The number of rotatable bonds is 4. The molecule has 1 unspecified atom stereocenters. The molecule has 1 N–H and O–H groups in total. The lowest BCUT2D eigenvalue weighted by atomic mass is 9.92. The molecule has 1 atom stereocenters. The Morgan fingerprint density at radius 1 is 1.00 bits per heavy atom. The number of hydrogen-bond donors (Lipinski definition) is 1. The van der Waals surface area contributed by atoms with Crippen LogP contribution in [0.1, 0.15) is 33.9 Å². The molecule has 0 spiro atoms. The first-order valence-electron chi connectivity index (χ1n) is 6.95. The van der Waals surface area contributed by atoms with E-state index in [0.717, 1.165) is 5.75 Å². The smallest absolute Gasteiger partial charge is 0.124 e. The fourth-order valence-corrected chi connectivity index (χ4v) is 2.81. The molecular formula is C18H23NO. The molecule has 0 radical (unpaired) electrons.